The average Bonchev–Trinajstić information content (AvgIpc) is 3.24. The van der Waals surface area contributed by atoms with Crippen LogP contribution in [0.25, 0.3) is 0 Å². The first-order valence-corrected chi connectivity index (χ1v) is 24.0. The number of rotatable bonds is 41. The lowest BCUT2D eigenvalue weighted by Gasteiger charge is -2.18. The zero-order valence-electron chi connectivity index (χ0n) is 38.4. The van der Waals surface area contributed by atoms with Crippen molar-refractivity contribution in [3.63, 3.8) is 0 Å². The molecular weight excluding hydrogens is 745 g/mol. The standard InChI is InChI=1S/C54H86O6/c1-4-7-10-13-16-19-21-23-25-26-27-28-29-31-32-35-38-41-44-47-53(56)59-50-51(49-58-52(55)46-43-40-37-34-18-15-12-9-6-3)60-54(57)48-45-42-39-36-33-30-24-22-20-17-14-11-8-5-2/h7,9-10,12-13,16,18-19,21,23,25-29,31-32,34,51H,4-6,8,11,14-15,17,20,22,24,30,33,35-50H2,1-3H3/b10-7-,12-9-,16-13-,21-19-,25-23-,27-26+,29-28-,32-31-,34-18-. The summed E-state index contributed by atoms with van der Waals surface area (Å²) in [6.45, 7) is 6.28. The van der Waals surface area contributed by atoms with E-state index in [9.17, 15) is 14.4 Å². The van der Waals surface area contributed by atoms with Crippen molar-refractivity contribution in [1.29, 1.82) is 0 Å². The minimum absolute atomic E-state index is 0.111. The van der Waals surface area contributed by atoms with Crippen molar-refractivity contribution < 1.29 is 28.6 Å². The highest BCUT2D eigenvalue weighted by molar-refractivity contribution is 5.71. The maximum Gasteiger partial charge on any atom is 0.306 e. The van der Waals surface area contributed by atoms with Crippen molar-refractivity contribution >= 4 is 17.9 Å². The molecule has 1 unspecified atom stereocenters. The van der Waals surface area contributed by atoms with Gasteiger partial charge in [0.05, 0.1) is 0 Å². The van der Waals surface area contributed by atoms with Gasteiger partial charge >= 0.3 is 17.9 Å². The average molecular weight is 831 g/mol. The fourth-order valence-corrected chi connectivity index (χ4v) is 6.17. The lowest BCUT2D eigenvalue weighted by atomic mass is 10.0. The van der Waals surface area contributed by atoms with Crippen molar-refractivity contribution in [2.45, 2.75) is 200 Å². The van der Waals surface area contributed by atoms with Gasteiger partial charge in [0.15, 0.2) is 6.10 Å². The summed E-state index contributed by atoms with van der Waals surface area (Å²) < 4.78 is 16.7. The van der Waals surface area contributed by atoms with Gasteiger partial charge in [0, 0.05) is 19.3 Å². The van der Waals surface area contributed by atoms with E-state index >= 15 is 0 Å². The minimum atomic E-state index is -0.808. The van der Waals surface area contributed by atoms with Gasteiger partial charge in [-0.15, -0.1) is 0 Å². The Morgan fingerprint density at radius 1 is 0.367 bits per heavy atom. The lowest BCUT2D eigenvalue weighted by Crippen LogP contribution is -2.30. The Morgan fingerprint density at radius 3 is 1.23 bits per heavy atom. The first-order chi connectivity index (χ1) is 29.5. The maximum absolute atomic E-state index is 12.7. The molecule has 0 aromatic heterocycles. The van der Waals surface area contributed by atoms with Gasteiger partial charge < -0.3 is 14.2 Å². The Morgan fingerprint density at radius 2 is 0.733 bits per heavy atom. The fourth-order valence-electron chi connectivity index (χ4n) is 6.17. The van der Waals surface area contributed by atoms with E-state index in [4.69, 9.17) is 14.2 Å². The summed E-state index contributed by atoms with van der Waals surface area (Å²) in [7, 11) is 0. The molecule has 0 heterocycles. The smallest absolute Gasteiger partial charge is 0.306 e. The van der Waals surface area contributed by atoms with E-state index in [1.165, 1.54) is 70.6 Å². The number of carbonyl (C=O) groups is 3. The molecule has 0 amide bonds. The van der Waals surface area contributed by atoms with E-state index in [-0.39, 0.29) is 31.1 Å². The molecular formula is C54H86O6. The largest absolute Gasteiger partial charge is 0.462 e. The molecule has 0 aromatic carbocycles. The molecule has 0 aromatic rings. The molecule has 0 fully saturated rings. The summed E-state index contributed by atoms with van der Waals surface area (Å²) in [5, 5.41) is 0. The lowest BCUT2D eigenvalue weighted by molar-refractivity contribution is -0.167. The summed E-state index contributed by atoms with van der Waals surface area (Å²) in [6.07, 6.45) is 63.6. The summed E-state index contributed by atoms with van der Waals surface area (Å²) in [5.74, 6) is -0.997. The predicted octanol–water partition coefficient (Wildman–Crippen LogP) is 15.6. The zero-order valence-corrected chi connectivity index (χ0v) is 38.4. The van der Waals surface area contributed by atoms with Crippen molar-refractivity contribution in [2.75, 3.05) is 13.2 Å². The second-order valence-electron chi connectivity index (χ2n) is 15.4. The number of ether oxygens (including phenoxy) is 3. The first kappa shape index (κ1) is 56.1. The van der Waals surface area contributed by atoms with Gasteiger partial charge in [-0.05, 0) is 64.2 Å². The van der Waals surface area contributed by atoms with Crippen LogP contribution in [0.1, 0.15) is 194 Å². The first-order valence-electron chi connectivity index (χ1n) is 24.0. The summed E-state index contributed by atoms with van der Waals surface area (Å²) in [4.78, 5) is 37.8. The molecule has 0 aliphatic rings. The number of esters is 3. The third kappa shape index (κ3) is 45.2. The molecule has 6 heteroatoms. The Balaban J connectivity index is 4.48. The van der Waals surface area contributed by atoms with E-state index in [0.29, 0.717) is 19.3 Å². The Kier molecular flexibility index (Phi) is 44.6. The van der Waals surface area contributed by atoms with Crippen LogP contribution < -0.4 is 0 Å². The SMILES string of the molecule is CC\C=C/C=C\C=C/C=C\C=C\C=C/C=C\CCCCCC(=O)OCC(COC(=O)CCCC/C=C\C/C=C\CC)OC(=O)CCCCCCCCCCCCCCCC. The summed E-state index contributed by atoms with van der Waals surface area (Å²) in [6, 6.07) is 0. The van der Waals surface area contributed by atoms with Crippen LogP contribution in [-0.4, -0.2) is 37.2 Å². The molecule has 0 saturated heterocycles. The number of hydrogen-bond acceptors (Lipinski definition) is 6. The zero-order chi connectivity index (χ0) is 43.7. The fraction of sp³-hybridized carbons (Fsp3) is 0.611. The molecule has 6 nitrogen and oxygen atoms in total. The predicted molar refractivity (Wildman–Crippen MR) is 256 cm³/mol. The molecule has 0 spiro atoms. The number of carbonyl (C=O) groups excluding carboxylic acids is 3. The van der Waals surface area contributed by atoms with Gasteiger partial charge in [0.25, 0.3) is 0 Å². The van der Waals surface area contributed by atoms with Crippen LogP contribution in [0, 0.1) is 0 Å². The van der Waals surface area contributed by atoms with Crippen molar-refractivity contribution in [3.05, 3.63) is 109 Å². The number of hydrogen-bond donors (Lipinski definition) is 0. The van der Waals surface area contributed by atoms with E-state index in [1.807, 2.05) is 72.9 Å². The Labute approximate surface area is 368 Å². The molecule has 0 N–H and O–H groups in total. The van der Waals surface area contributed by atoms with Gasteiger partial charge in [-0.2, -0.15) is 0 Å². The Hall–Kier alpha value is -3.93. The molecule has 60 heavy (non-hydrogen) atoms. The van der Waals surface area contributed by atoms with Gasteiger partial charge in [-0.3, -0.25) is 14.4 Å². The van der Waals surface area contributed by atoms with E-state index in [0.717, 1.165) is 83.5 Å². The molecule has 1 atom stereocenters. The molecule has 0 aliphatic heterocycles. The van der Waals surface area contributed by atoms with E-state index in [2.05, 4.69) is 57.2 Å². The molecule has 0 saturated carbocycles. The Bertz CT molecular complexity index is 1280. The van der Waals surface area contributed by atoms with Crippen LogP contribution in [0.5, 0.6) is 0 Å². The summed E-state index contributed by atoms with van der Waals surface area (Å²) in [5.41, 5.74) is 0. The van der Waals surface area contributed by atoms with Gasteiger partial charge in [-0.1, -0.05) is 220 Å². The van der Waals surface area contributed by atoms with Gasteiger partial charge in [0.1, 0.15) is 13.2 Å². The minimum Gasteiger partial charge on any atom is -0.462 e. The highest BCUT2D eigenvalue weighted by atomic mass is 16.6. The van der Waals surface area contributed by atoms with Gasteiger partial charge in [0.2, 0.25) is 0 Å². The van der Waals surface area contributed by atoms with Crippen LogP contribution in [0.4, 0.5) is 0 Å². The van der Waals surface area contributed by atoms with E-state index in [1.54, 1.807) is 0 Å². The quantitative estimate of drug-likeness (QED) is 0.0201. The van der Waals surface area contributed by atoms with Crippen molar-refractivity contribution in [2.24, 2.45) is 0 Å². The topological polar surface area (TPSA) is 78.9 Å². The molecule has 0 aliphatic carbocycles. The van der Waals surface area contributed by atoms with Crippen LogP contribution in [0.2, 0.25) is 0 Å². The summed E-state index contributed by atoms with van der Waals surface area (Å²) >= 11 is 0. The highest BCUT2D eigenvalue weighted by Gasteiger charge is 2.19. The highest BCUT2D eigenvalue weighted by Crippen LogP contribution is 2.14. The van der Waals surface area contributed by atoms with Crippen LogP contribution >= 0.6 is 0 Å². The van der Waals surface area contributed by atoms with Crippen molar-refractivity contribution in [1.82, 2.24) is 0 Å². The molecule has 0 radical (unpaired) electrons. The van der Waals surface area contributed by atoms with Gasteiger partial charge in [-0.25, -0.2) is 0 Å². The third-order valence-electron chi connectivity index (χ3n) is 9.72. The molecule has 0 bridgehead atoms. The van der Waals surface area contributed by atoms with Crippen LogP contribution in [-0.2, 0) is 28.6 Å². The third-order valence-corrected chi connectivity index (χ3v) is 9.72. The molecule has 338 valence electrons. The second-order valence-corrected chi connectivity index (χ2v) is 15.4. The molecule has 0 rings (SSSR count). The number of allylic oxidation sites excluding steroid dienone is 18. The van der Waals surface area contributed by atoms with E-state index < -0.39 is 6.10 Å². The second kappa shape index (κ2) is 47.7. The normalized spacial score (nSPS) is 13.1. The monoisotopic (exact) mass is 831 g/mol. The number of unbranched alkanes of at least 4 members (excludes halogenated alkanes) is 18. The van der Waals surface area contributed by atoms with Crippen LogP contribution in [0.3, 0.4) is 0 Å². The maximum atomic E-state index is 12.7. The van der Waals surface area contributed by atoms with Crippen LogP contribution in [0.15, 0.2) is 109 Å². The van der Waals surface area contributed by atoms with Crippen molar-refractivity contribution in [3.8, 4) is 0 Å².